The summed E-state index contributed by atoms with van der Waals surface area (Å²) in [6.07, 6.45) is 13.1. The molecule has 0 fully saturated rings. The maximum atomic E-state index is 12.2. The van der Waals surface area contributed by atoms with Gasteiger partial charge in [-0.2, -0.15) is 0 Å². The Bertz CT molecular complexity index is 586. The van der Waals surface area contributed by atoms with E-state index in [4.69, 9.17) is 18.7 Å². The van der Waals surface area contributed by atoms with Gasteiger partial charge in [0.15, 0.2) is 5.78 Å². The van der Waals surface area contributed by atoms with Crippen LogP contribution in [-0.2, 0) is 40.6 Å². The number of ether oxygens (including phenoxy) is 1. The Morgan fingerprint density at radius 1 is 0.938 bits per heavy atom. The van der Waals surface area contributed by atoms with E-state index in [0.29, 0.717) is 5.56 Å². The minimum absolute atomic E-state index is 0. The maximum absolute atomic E-state index is 12.2. The first kappa shape index (κ1) is 37.4. The number of unbranched alkanes of at least 4 members (excludes halogenated alkanes) is 4. The summed E-state index contributed by atoms with van der Waals surface area (Å²) in [5, 5.41) is 0. The van der Waals surface area contributed by atoms with Crippen molar-refractivity contribution >= 4 is 12.3 Å². The molecule has 0 saturated carbocycles. The van der Waals surface area contributed by atoms with E-state index in [1.54, 1.807) is 25.0 Å². The second-order valence-electron chi connectivity index (χ2n) is 6.42. The van der Waals surface area contributed by atoms with Crippen molar-refractivity contribution in [1.82, 2.24) is 0 Å². The Labute approximate surface area is 203 Å². The van der Waals surface area contributed by atoms with Crippen molar-refractivity contribution < 1.29 is 45.4 Å². The SMILES string of the molecule is CCCCCC([CH][CH][CH]C(=O)c1ccccc1)(CCCCC)O[C-]=O.[C-]#[O+].[C-]#[O+].[C-]#[O+].[Fe]. The van der Waals surface area contributed by atoms with Crippen molar-refractivity contribution in [3.8, 4) is 0 Å². The van der Waals surface area contributed by atoms with E-state index in [2.05, 4.69) is 33.8 Å². The third-order valence-corrected chi connectivity index (χ3v) is 4.36. The summed E-state index contributed by atoms with van der Waals surface area (Å²) >= 11 is 0. The molecule has 6 nitrogen and oxygen atoms in total. The van der Waals surface area contributed by atoms with E-state index in [0.717, 1.165) is 51.4 Å². The summed E-state index contributed by atoms with van der Waals surface area (Å²) in [6.45, 7) is 19.4. The third-order valence-electron chi connectivity index (χ3n) is 4.36. The Kier molecular flexibility index (Phi) is 34.0. The average Bonchev–Trinajstić information content (AvgIpc) is 2.84. The van der Waals surface area contributed by atoms with E-state index >= 15 is 0 Å². The van der Waals surface area contributed by atoms with Crippen LogP contribution in [-0.4, -0.2) is 17.9 Å². The van der Waals surface area contributed by atoms with Gasteiger partial charge in [-0.1, -0.05) is 76.3 Å². The Morgan fingerprint density at radius 3 is 1.81 bits per heavy atom. The second kappa shape index (κ2) is 29.1. The van der Waals surface area contributed by atoms with Crippen LogP contribution in [0.15, 0.2) is 30.3 Å². The van der Waals surface area contributed by atoms with Gasteiger partial charge in [0.25, 0.3) is 0 Å². The largest absolute Gasteiger partial charge is 0 e. The number of carbonyl (C=O) groups is 1. The predicted octanol–water partition coefficient (Wildman–Crippen LogP) is 5.35. The minimum Gasteiger partial charge on any atom is 0 e. The fraction of sp³-hybridized carbons (Fsp3) is 0.440. The molecular formula is C25H30FeO6-. The van der Waals surface area contributed by atoms with E-state index in [1.807, 2.05) is 24.6 Å². The van der Waals surface area contributed by atoms with Gasteiger partial charge in [0, 0.05) is 35.5 Å². The molecular weight excluding hydrogens is 452 g/mol. The molecule has 0 atom stereocenters. The number of hydrogen-bond acceptors (Lipinski definition) is 3. The number of Topliss-reactive ketones (excluding diaryl/α,β-unsaturated/α-hetero) is 1. The molecule has 1 rings (SSSR count). The van der Waals surface area contributed by atoms with Crippen molar-refractivity contribution in [2.45, 2.75) is 70.8 Å². The van der Waals surface area contributed by atoms with Gasteiger partial charge in [-0.3, -0.25) is 4.79 Å². The number of benzene rings is 1. The molecule has 0 saturated heterocycles. The molecule has 0 N–H and O–H groups in total. The molecule has 0 unspecified atom stereocenters. The Hall–Kier alpha value is -1.90. The van der Waals surface area contributed by atoms with Crippen LogP contribution in [0.2, 0.25) is 0 Å². The van der Waals surface area contributed by atoms with Crippen molar-refractivity contribution in [3.63, 3.8) is 0 Å². The van der Waals surface area contributed by atoms with Crippen molar-refractivity contribution in [2.75, 3.05) is 0 Å². The van der Waals surface area contributed by atoms with Crippen LogP contribution in [0.25, 0.3) is 0 Å². The van der Waals surface area contributed by atoms with Gasteiger partial charge in [0.05, 0.1) is 5.60 Å². The summed E-state index contributed by atoms with van der Waals surface area (Å²) in [5.41, 5.74) is -0.00268. The molecule has 7 heteroatoms. The molecule has 0 aliphatic rings. The summed E-state index contributed by atoms with van der Waals surface area (Å²) in [5.74, 6) is -0.0528. The first-order valence-electron chi connectivity index (χ1n) is 9.95. The van der Waals surface area contributed by atoms with Crippen LogP contribution in [0, 0.1) is 39.2 Å². The maximum Gasteiger partial charge on any atom is 0 e. The first-order chi connectivity index (χ1) is 15.2. The van der Waals surface area contributed by atoms with E-state index in [1.165, 1.54) is 6.42 Å². The number of rotatable bonds is 15. The van der Waals surface area contributed by atoms with Gasteiger partial charge in [-0.05, 0) is 32.1 Å². The standard InChI is InChI=1S/C22H30O3.3CO.Fe/c1-3-5-10-16-22(25-19-23,17-11-6-4-2)18-12-15-21(24)20-13-8-7-9-14-20;3*1-2;/h7-9,12-15,18H,3-6,10-11,16-17H2,1-2H3;;;;/q-1;;;;. The molecule has 3 radical (unpaired) electrons. The minimum atomic E-state index is -0.653. The predicted molar refractivity (Wildman–Crippen MR) is 113 cm³/mol. The van der Waals surface area contributed by atoms with Gasteiger partial charge in [-0.15, -0.1) is 0 Å². The van der Waals surface area contributed by atoms with Crippen molar-refractivity contribution in [1.29, 1.82) is 0 Å². The van der Waals surface area contributed by atoms with Gasteiger partial charge in [-0.25, -0.2) is 0 Å². The van der Waals surface area contributed by atoms with Crippen LogP contribution in [0.1, 0.15) is 75.6 Å². The van der Waals surface area contributed by atoms with Gasteiger partial charge < -0.3 is 9.53 Å². The molecule has 1 aromatic carbocycles. The van der Waals surface area contributed by atoms with Crippen LogP contribution < -0.4 is 0 Å². The van der Waals surface area contributed by atoms with Crippen LogP contribution >= 0.6 is 0 Å². The molecule has 0 aromatic heterocycles. The summed E-state index contributed by atoms with van der Waals surface area (Å²) in [6, 6.07) is 9.15. The number of carbonyl (C=O) groups excluding carboxylic acids is 2. The van der Waals surface area contributed by atoms with Gasteiger partial charge in [0.2, 0.25) is 0 Å². The Morgan fingerprint density at radius 2 is 1.41 bits per heavy atom. The fourth-order valence-electron chi connectivity index (χ4n) is 2.87. The first-order valence-corrected chi connectivity index (χ1v) is 9.95. The number of hydrogen-bond donors (Lipinski definition) is 0. The molecule has 32 heavy (non-hydrogen) atoms. The molecule has 1 aromatic rings. The molecule has 175 valence electrons. The van der Waals surface area contributed by atoms with Crippen molar-refractivity contribution in [2.24, 2.45) is 0 Å². The average molecular weight is 482 g/mol. The number of ketones is 1. The van der Waals surface area contributed by atoms with E-state index < -0.39 is 5.60 Å². The van der Waals surface area contributed by atoms with Crippen molar-refractivity contribution in [3.05, 3.63) is 75.1 Å². The zero-order valence-electron chi connectivity index (χ0n) is 18.6. The molecule has 0 amide bonds. The zero-order chi connectivity index (χ0) is 24.4. The smallest absolute Gasteiger partial charge is 0 e. The van der Waals surface area contributed by atoms with Crippen LogP contribution in [0.3, 0.4) is 0 Å². The monoisotopic (exact) mass is 482 g/mol. The second-order valence-corrected chi connectivity index (χ2v) is 6.42. The van der Waals surface area contributed by atoms with Crippen LogP contribution in [0.5, 0.6) is 0 Å². The van der Waals surface area contributed by atoms with E-state index in [9.17, 15) is 9.59 Å². The summed E-state index contributed by atoms with van der Waals surface area (Å²) < 4.78 is 27.9. The van der Waals surface area contributed by atoms with Crippen LogP contribution in [0.4, 0.5) is 0 Å². The zero-order valence-corrected chi connectivity index (χ0v) is 19.7. The quantitative estimate of drug-likeness (QED) is 0.111. The summed E-state index contributed by atoms with van der Waals surface area (Å²) in [7, 11) is 0. The third kappa shape index (κ3) is 18.8. The molecule has 0 spiro atoms. The molecule has 0 bridgehead atoms. The normalized spacial score (nSPS) is 9.00. The van der Waals surface area contributed by atoms with Gasteiger partial charge >= 0.3 is 33.9 Å². The fourth-order valence-corrected chi connectivity index (χ4v) is 2.87. The molecule has 0 heterocycles. The van der Waals surface area contributed by atoms with E-state index in [-0.39, 0.29) is 22.9 Å². The molecule has 0 aliphatic heterocycles. The van der Waals surface area contributed by atoms with Gasteiger partial charge in [0.1, 0.15) is 0 Å². The Balaban J connectivity index is -0.000000514. The topological polar surface area (TPSA) is 103 Å². The molecule has 0 aliphatic carbocycles. The summed E-state index contributed by atoms with van der Waals surface area (Å²) in [4.78, 5) is 23.1.